The van der Waals surface area contributed by atoms with Crippen LogP contribution in [0.1, 0.15) is 26.7 Å². The minimum Gasteiger partial charge on any atom is -0.480 e. The highest BCUT2D eigenvalue weighted by Gasteiger charge is 2.30. The number of amides is 1. The fraction of sp³-hybridized carbons (Fsp3) is 0.818. The Labute approximate surface area is 100 Å². The summed E-state index contributed by atoms with van der Waals surface area (Å²) in [7, 11) is 0. The Kier molecular flexibility index (Phi) is 4.89. The number of carboxylic acid groups (broad SMARTS) is 1. The van der Waals surface area contributed by atoms with Crippen LogP contribution in [-0.4, -0.2) is 46.8 Å². The van der Waals surface area contributed by atoms with Gasteiger partial charge >= 0.3 is 5.97 Å². The second kappa shape index (κ2) is 5.97. The van der Waals surface area contributed by atoms with Crippen molar-refractivity contribution >= 4 is 11.9 Å². The monoisotopic (exact) mass is 244 g/mol. The number of nitrogens with one attached hydrogen (secondary N) is 2. The van der Waals surface area contributed by atoms with E-state index in [1.807, 2.05) is 6.92 Å². The highest BCUT2D eigenvalue weighted by atomic mass is 16.4. The van der Waals surface area contributed by atoms with E-state index in [0.717, 1.165) is 6.54 Å². The zero-order chi connectivity index (χ0) is 13.0. The maximum Gasteiger partial charge on any atom is 0.328 e. The zero-order valence-corrected chi connectivity index (χ0v) is 10.1. The van der Waals surface area contributed by atoms with Crippen molar-refractivity contribution in [1.82, 2.24) is 10.6 Å². The number of aliphatic hydroxyl groups is 1. The minimum atomic E-state index is -1.23. The molecule has 1 heterocycles. The number of carboxylic acids is 1. The fourth-order valence-electron chi connectivity index (χ4n) is 2.03. The molecule has 4 N–H and O–H groups in total. The first kappa shape index (κ1) is 13.9. The summed E-state index contributed by atoms with van der Waals surface area (Å²) < 4.78 is 0. The van der Waals surface area contributed by atoms with Gasteiger partial charge in [-0.05, 0) is 33.2 Å². The molecular formula is C11H20N2O4. The molecule has 1 saturated heterocycles. The maximum absolute atomic E-state index is 11.8. The number of aliphatic hydroxyl groups excluding tert-OH is 1. The van der Waals surface area contributed by atoms with Gasteiger partial charge in [-0.3, -0.25) is 4.79 Å². The molecule has 0 radical (unpaired) electrons. The van der Waals surface area contributed by atoms with Crippen molar-refractivity contribution in [2.24, 2.45) is 5.92 Å². The lowest BCUT2D eigenvalue weighted by molar-refractivity contribution is -0.145. The number of carbonyl (C=O) groups is 2. The van der Waals surface area contributed by atoms with Crippen molar-refractivity contribution in [3.8, 4) is 0 Å². The summed E-state index contributed by atoms with van der Waals surface area (Å²) in [5, 5.41) is 23.7. The van der Waals surface area contributed by atoms with Crippen molar-refractivity contribution in [2.75, 3.05) is 6.54 Å². The van der Waals surface area contributed by atoms with Crippen LogP contribution < -0.4 is 10.6 Å². The van der Waals surface area contributed by atoms with Gasteiger partial charge in [0.25, 0.3) is 0 Å². The van der Waals surface area contributed by atoms with Gasteiger partial charge in [-0.2, -0.15) is 0 Å². The lowest BCUT2D eigenvalue weighted by atomic mass is 9.92. The number of aliphatic carboxylic acids is 1. The smallest absolute Gasteiger partial charge is 0.328 e. The quantitative estimate of drug-likeness (QED) is 0.525. The molecule has 1 rings (SSSR count). The third kappa shape index (κ3) is 3.98. The maximum atomic E-state index is 11.8. The van der Waals surface area contributed by atoms with Crippen LogP contribution in [0.4, 0.5) is 0 Å². The van der Waals surface area contributed by atoms with Gasteiger partial charge in [-0.15, -0.1) is 0 Å². The van der Waals surface area contributed by atoms with Crippen LogP contribution in [-0.2, 0) is 9.59 Å². The van der Waals surface area contributed by atoms with E-state index in [1.165, 1.54) is 6.92 Å². The third-order valence-electron chi connectivity index (χ3n) is 3.04. The molecular weight excluding hydrogens is 224 g/mol. The van der Waals surface area contributed by atoms with E-state index in [9.17, 15) is 14.7 Å². The Balaban J connectivity index is 2.54. The predicted molar refractivity (Wildman–Crippen MR) is 61.4 cm³/mol. The Bertz CT molecular complexity index is 293. The summed E-state index contributed by atoms with van der Waals surface area (Å²) in [5.74, 6) is -1.67. The van der Waals surface area contributed by atoms with E-state index in [0.29, 0.717) is 12.8 Å². The molecule has 0 aromatic heterocycles. The van der Waals surface area contributed by atoms with Crippen molar-refractivity contribution in [3.05, 3.63) is 0 Å². The van der Waals surface area contributed by atoms with Crippen LogP contribution in [0.2, 0.25) is 0 Å². The van der Waals surface area contributed by atoms with Crippen LogP contribution >= 0.6 is 0 Å². The molecule has 98 valence electrons. The Morgan fingerprint density at radius 3 is 2.59 bits per heavy atom. The number of piperidine rings is 1. The first-order valence-corrected chi connectivity index (χ1v) is 5.86. The largest absolute Gasteiger partial charge is 0.480 e. The summed E-state index contributed by atoms with van der Waals surface area (Å²) in [5.41, 5.74) is 0. The molecule has 6 heteroatoms. The van der Waals surface area contributed by atoms with E-state index in [2.05, 4.69) is 10.6 Å². The molecule has 1 amide bonds. The van der Waals surface area contributed by atoms with Gasteiger partial charge in [0.15, 0.2) is 6.04 Å². The van der Waals surface area contributed by atoms with Gasteiger partial charge in [0, 0.05) is 12.0 Å². The first-order chi connectivity index (χ1) is 7.91. The normalized spacial score (nSPS) is 28.2. The average Bonchev–Trinajstić information content (AvgIpc) is 2.24. The predicted octanol–water partition coefficient (Wildman–Crippen LogP) is -0.675. The zero-order valence-electron chi connectivity index (χ0n) is 10.1. The summed E-state index contributed by atoms with van der Waals surface area (Å²) in [4.78, 5) is 22.7. The lowest BCUT2D eigenvalue weighted by Crippen LogP contribution is -2.51. The molecule has 1 fully saturated rings. The Morgan fingerprint density at radius 1 is 1.47 bits per heavy atom. The van der Waals surface area contributed by atoms with Crippen molar-refractivity contribution < 1.29 is 19.8 Å². The number of hydrogen-bond acceptors (Lipinski definition) is 4. The van der Waals surface area contributed by atoms with Gasteiger partial charge in [-0.25, -0.2) is 4.79 Å². The molecule has 2 unspecified atom stereocenters. The Morgan fingerprint density at radius 2 is 2.12 bits per heavy atom. The average molecular weight is 244 g/mol. The minimum absolute atomic E-state index is 0.174. The molecule has 0 aromatic rings. The highest BCUT2D eigenvalue weighted by molar-refractivity contribution is 5.85. The summed E-state index contributed by atoms with van der Waals surface area (Å²) in [6.45, 7) is 4.10. The van der Waals surface area contributed by atoms with Crippen LogP contribution in [0.25, 0.3) is 0 Å². The van der Waals surface area contributed by atoms with Gasteiger partial charge in [-0.1, -0.05) is 0 Å². The van der Waals surface area contributed by atoms with Gasteiger partial charge < -0.3 is 20.8 Å². The molecule has 0 bridgehead atoms. The van der Waals surface area contributed by atoms with Crippen LogP contribution in [0.3, 0.4) is 0 Å². The number of hydrogen-bond donors (Lipinski definition) is 4. The van der Waals surface area contributed by atoms with Crippen molar-refractivity contribution in [2.45, 2.75) is 44.9 Å². The molecule has 1 aliphatic rings. The molecule has 1 aliphatic heterocycles. The fourth-order valence-corrected chi connectivity index (χ4v) is 2.03. The second-order valence-electron chi connectivity index (χ2n) is 4.64. The number of rotatable bonds is 4. The van der Waals surface area contributed by atoms with E-state index < -0.39 is 18.1 Å². The van der Waals surface area contributed by atoms with E-state index in [-0.39, 0.29) is 17.9 Å². The van der Waals surface area contributed by atoms with Crippen LogP contribution in [0.15, 0.2) is 0 Å². The van der Waals surface area contributed by atoms with Crippen molar-refractivity contribution in [1.29, 1.82) is 0 Å². The summed E-state index contributed by atoms with van der Waals surface area (Å²) in [6.07, 6.45) is 0.288. The molecule has 0 saturated carbocycles. The Hall–Kier alpha value is -1.14. The standard InChI is InChI=1S/C11H20N2O4/c1-6-5-8(3-4-12-6)10(15)13-9(7(2)14)11(16)17/h6-9,12,14H,3-5H2,1-2H3,(H,13,15)(H,16,17)/t6?,7-,8?,9+/m1/s1. The second-order valence-corrected chi connectivity index (χ2v) is 4.64. The summed E-state index contributed by atoms with van der Waals surface area (Å²) in [6, 6.07) is -0.970. The lowest BCUT2D eigenvalue weighted by Gasteiger charge is -2.28. The van der Waals surface area contributed by atoms with E-state index >= 15 is 0 Å². The molecule has 0 aromatic carbocycles. The van der Waals surface area contributed by atoms with Crippen LogP contribution in [0, 0.1) is 5.92 Å². The SMILES string of the molecule is CC1CC(C(=O)N[C@H](C(=O)O)[C@@H](C)O)CCN1. The van der Waals surface area contributed by atoms with E-state index in [1.54, 1.807) is 0 Å². The molecule has 17 heavy (non-hydrogen) atoms. The molecule has 0 spiro atoms. The highest BCUT2D eigenvalue weighted by Crippen LogP contribution is 2.16. The topological polar surface area (TPSA) is 98.7 Å². The molecule has 4 atom stereocenters. The molecule has 0 aliphatic carbocycles. The molecule has 6 nitrogen and oxygen atoms in total. The summed E-state index contributed by atoms with van der Waals surface area (Å²) >= 11 is 0. The number of carbonyl (C=O) groups excluding carboxylic acids is 1. The van der Waals surface area contributed by atoms with Gasteiger partial charge in [0.05, 0.1) is 6.10 Å². The van der Waals surface area contributed by atoms with Gasteiger partial charge in [0.2, 0.25) is 5.91 Å². The van der Waals surface area contributed by atoms with Gasteiger partial charge in [0.1, 0.15) is 0 Å². The van der Waals surface area contributed by atoms with E-state index in [4.69, 9.17) is 5.11 Å². The first-order valence-electron chi connectivity index (χ1n) is 5.86. The third-order valence-corrected chi connectivity index (χ3v) is 3.04. The van der Waals surface area contributed by atoms with Crippen LogP contribution in [0.5, 0.6) is 0 Å². The van der Waals surface area contributed by atoms with Crippen molar-refractivity contribution in [3.63, 3.8) is 0 Å².